The maximum absolute atomic E-state index is 10.7. The van der Waals surface area contributed by atoms with Crippen LogP contribution in [-0.2, 0) is 12.0 Å². The molecule has 0 bridgehead atoms. The van der Waals surface area contributed by atoms with Crippen LogP contribution >= 0.6 is 27.5 Å². The molecule has 1 aromatic heterocycles. The molecule has 2 aromatic rings. The van der Waals surface area contributed by atoms with Crippen molar-refractivity contribution in [2.75, 3.05) is 5.73 Å². The van der Waals surface area contributed by atoms with E-state index in [9.17, 15) is 5.11 Å². The highest BCUT2D eigenvalue weighted by Gasteiger charge is 2.27. The van der Waals surface area contributed by atoms with Gasteiger partial charge in [0.05, 0.1) is 5.60 Å². The number of halogens is 2. The van der Waals surface area contributed by atoms with Crippen LogP contribution < -0.4 is 5.73 Å². The molecule has 3 nitrogen and oxygen atoms in total. The first-order valence-electron chi connectivity index (χ1n) is 5.76. The molecule has 19 heavy (non-hydrogen) atoms. The summed E-state index contributed by atoms with van der Waals surface area (Å²) < 4.78 is 0.873. The summed E-state index contributed by atoms with van der Waals surface area (Å²) in [5.74, 6) is 0. The van der Waals surface area contributed by atoms with Crippen molar-refractivity contribution in [3.05, 3.63) is 57.3 Å². The molecular weight excluding hydrogens is 328 g/mol. The number of hydrogen-bond acceptors (Lipinski definition) is 3. The first-order valence-corrected chi connectivity index (χ1v) is 6.93. The van der Waals surface area contributed by atoms with Crippen LogP contribution in [0.15, 0.2) is 41.1 Å². The minimum atomic E-state index is -1.10. The first kappa shape index (κ1) is 14.3. The van der Waals surface area contributed by atoms with Crippen molar-refractivity contribution in [1.29, 1.82) is 0 Å². The molecule has 2 rings (SSSR count). The Bertz CT molecular complexity index is 602. The Labute approximate surface area is 125 Å². The van der Waals surface area contributed by atoms with Crippen LogP contribution in [0.4, 0.5) is 5.69 Å². The fraction of sp³-hybridized carbons (Fsp3) is 0.214. The lowest BCUT2D eigenvalue weighted by Crippen LogP contribution is -2.25. The number of nitrogens with two attached hydrogens (primary N) is 1. The number of nitrogens with zero attached hydrogens (tertiary/aromatic N) is 1. The van der Waals surface area contributed by atoms with Crippen molar-refractivity contribution in [2.24, 2.45) is 0 Å². The van der Waals surface area contributed by atoms with Crippen LogP contribution in [0.2, 0.25) is 5.02 Å². The van der Waals surface area contributed by atoms with Crippen molar-refractivity contribution < 1.29 is 5.11 Å². The van der Waals surface area contributed by atoms with Gasteiger partial charge in [-0.15, -0.1) is 0 Å². The Hall–Kier alpha value is -1.10. The first-order chi connectivity index (χ1) is 8.90. The zero-order chi connectivity index (χ0) is 14.0. The minimum Gasteiger partial charge on any atom is -0.398 e. The standard InChI is InChI=1S/C14H14BrClN2O/c1-14(19,7-9-8-18-5-4-13(9)17)11-3-2-10(15)6-12(11)16/h2-6,8,19H,7H2,1H3,(H2,17,18). The van der Waals surface area contributed by atoms with Crippen LogP contribution in [0, 0.1) is 0 Å². The third kappa shape index (κ3) is 3.26. The predicted octanol–water partition coefficient (Wildman–Crippen LogP) is 3.53. The van der Waals surface area contributed by atoms with Gasteiger partial charge in [-0.3, -0.25) is 4.98 Å². The summed E-state index contributed by atoms with van der Waals surface area (Å²) in [6, 6.07) is 7.13. The summed E-state index contributed by atoms with van der Waals surface area (Å²) >= 11 is 9.53. The highest BCUT2D eigenvalue weighted by molar-refractivity contribution is 9.10. The van der Waals surface area contributed by atoms with Crippen molar-refractivity contribution in [2.45, 2.75) is 18.9 Å². The second kappa shape index (κ2) is 5.49. The molecule has 0 fully saturated rings. The van der Waals surface area contributed by atoms with Gasteiger partial charge in [0.15, 0.2) is 0 Å². The third-order valence-electron chi connectivity index (χ3n) is 2.99. The van der Waals surface area contributed by atoms with Crippen molar-refractivity contribution in [3.63, 3.8) is 0 Å². The van der Waals surface area contributed by atoms with Gasteiger partial charge in [-0.1, -0.05) is 33.6 Å². The van der Waals surface area contributed by atoms with E-state index in [-0.39, 0.29) is 0 Å². The normalized spacial score (nSPS) is 14.1. The molecule has 1 aromatic carbocycles. The summed E-state index contributed by atoms with van der Waals surface area (Å²) in [5, 5.41) is 11.2. The number of nitrogen functional groups attached to an aromatic ring is 1. The Morgan fingerprint density at radius 2 is 2.16 bits per heavy atom. The Morgan fingerprint density at radius 3 is 2.79 bits per heavy atom. The molecule has 1 atom stereocenters. The molecule has 0 aliphatic heterocycles. The van der Waals surface area contributed by atoms with Gasteiger partial charge in [0.25, 0.3) is 0 Å². The highest BCUT2D eigenvalue weighted by atomic mass is 79.9. The van der Waals surface area contributed by atoms with Crippen LogP contribution in [0.25, 0.3) is 0 Å². The maximum Gasteiger partial charge on any atom is 0.0924 e. The van der Waals surface area contributed by atoms with E-state index in [0.717, 1.165) is 10.0 Å². The topological polar surface area (TPSA) is 59.1 Å². The summed E-state index contributed by atoms with van der Waals surface area (Å²) in [4.78, 5) is 4.03. The second-order valence-electron chi connectivity index (χ2n) is 4.65. The number of aromatic nitrogens is 1. The van der Waals surface area contributed by atoms with Gasteiger partial charge in [0.1, 0.15) is 0 Å². The number of anilines is 1. The van der Waals surface area contributed by atoms with Crippen molar-refractivity contribution in [1.82, 2.24) is 4.98 Å². The molecule has 0 spiro atoms. The lowest BCUT2D eigenvalue weighted by atomic mass is 9.89. The largest absolute Gasteiger partial charge is 0.398 e. The van der Waals surface area contributed by atoms with E-state index in [0.29, 0.717) is 22.7 Å². The van der Waals surface area contributed by atoms with E-state index in [2.05, 4.69) is 20.9 Å². The average molecular weight is 342 g/mol. The Morgan fingerprint density at radius 1 is 1.42 bits per heavy atom. The quantitative estimate of drug-likeness (QED) is 0.898. The van der Waals surface area contributed by atoms with E-state index < -0.39 is 5.60 Å². The third-order valence-corrected chi connectivity index (χ3v) is 3.79. The van der Waals surface area contributed by atoms with E-state index in [1.165, 1.54) is 0 Å². The summed E-state index contributed by atoms with van der Waals surface area (Å²) in [5.41, 5.74) is 6.85. The lowest BCUT2D eigenvalue weighted by Gasteiger charge is -2.25. The Kier molecular flexibility index (Phi) is 4.13. The van der Waals surface area contributed by atoms with Gasteiger partial charge in [0.2, 0.25) is 0 Å². The van der Waals surface area contributed by atoms with Crippen LogP contribution in [0.5, 0.6) is 0 Å². The van der Waals surface area contributed by atoms with Crippen LogP contribution in [0.3, 0.4) is 0 Å². The fourth-order valence-corrected chi connectivity index (χ4v) is 2.85. The molecule has 0 aliphatic rings. The summed E-state index contributed by atoms with van der Waals surface area (Å²) in [7, 11) is 0. The lowest BCUT2D eigenvalue weighted by molar-refractivity contribution is 0.0578. The summed E-state index contributed by atoms with van der Waals surface area (Å²) in [6.07, 6.45) is 3.64. The highest BCUT2D eigenvalue weighted by Crippen LogP contribution is 2.33. The number of pyridine rings is 1. The minimum absolute atomic E-state index is 0.355. The number of rotatable bonds is 3. The molecule has 100 valence electrons. The van der Waals surface area contributed by atoms with Gasteiger partial charge in [-0.05, 0) is 30.7 Å². The maximum atomic E-state index is 10.7. The van der Waals surface area contributed by atoms with Crippen molar-refractivity contribution in [3.8, 4) is 0 Å². The molecule has 0 radical (unpaired) electrons. The molecule has 0 saturated heterocycles. The number of aliphatic hydroxyl groups is 1. The zero-order valence-electron chi connectivity index (χ0n) is 10.4. The second-order valence-corrected chi connectivity index (χ2v) is 5.97. The van der Waals surface area contributed by atoms with Gasteiger partial charge in [-0.25, -0.2) is 0 Å². The van der Waals surface area contributed by atoms with E-state index in [1.54, 1.807) is 37.5 Å². The summed E-state index contributed by atoms with van der Waals surface area (Å²) in [6.45, 7) is 1.72. The van der Waals surface area contributed by atoms with Gasteiger partial charge in [-0.2, -0.15) is 0 Å². The molecule has 0 aliphatic carbocycles. The van der Waals surface area contributed by atoms with Gasteiger partial charge < -0.3 is 10.8 Å². The molecule has 5 heteroatoms. The molecular formula is C14H14BrClN2O. The van der Waals surface area contributed by atoms with E-state index >= 15 is 0 Å². The Balaban J connectivity index is 2.35. The van der Waals surface area contributed by atoms with Gasteiger partial charge >= 0.3 is 0 Å². The zero-order valence-corrected chi connectivity index (χ0v) is 12.7. The monoisotopic (exact) mass is 340 g/mol. The fourth-order valence-electron chi connectivity index (χ4n) is 1.98. The van der Waals surface area contributed by atoms with Crippen molar-refractivity contribution >= 4 is 33.2 Å². The van der Waals surface area contributed by atoms with E-state index in [4.69, 9.17) is 17.3 Å². The average Bonchev–Trinajstić information content (AvgIpc) is 2.31. The molecule has 0 saturated carbocycles. The molecule has 1 unspecified atom stereocenters. The smallest absolute Gasteiger partial charge is 0.0924 e. The number of benzene rings is 1. The predicted molar refractivity (Wildman–Crippen MR) is 81.1 cm³/mol. The number of hydrogen-bond donors (Lipinski definition) is 2. The van der Waals surface area contributed by atoms with Crippen LogP contribution in [0.1, 0.15) is 18.1 Å². The van der Waals surface area contributed by atoms with E-state index in [1.807, 2.05) is 6.07 Å². The molecule has 0 amide bonds. The molecule has 3 N–H and O–H groups in total. The molecule has 1 heterocycles. The van der Waals surface area contributed by atoms with Gasteiger partial charge in [0, 0.05) is 39.6 Å². The SMILES string of the molecule is CC(O)(Cc1cnccc1N)c1ccc(Br)cc1Cl. The van der Waals surface area contributed by atoms with Crippen LogP contribution in [-0.4, -0.2) is 10.1 Å².